The fraction of sp³-hybridized carbons (Fsp3) is 0.600. The minimum absolute atomic E-state index is 0.708. The van der Waals surface area contributed by atoms with Crippen LogP contribution in [0.4, 0.5) is 0 Å². The van der Waals surface area contributed by atoms with Crippen LogP contribution in [0.25, 0.3) is 0 Å². The van der Waals surface area contributed by atoms with Gasteiger partial charge in [0.25, 0.3) is 0 Å². The van der Waals surface area contributed by atoms with Crippen molar-refractivity contribution in [3.05, 3.63) is 21.3 Å². The summed E-state index contributed by atoms with van der Waals surface area (Å²) in [5.41, 5.74) is 0.188. The van der Waals surface area contributed by atoms with Gasteiger partial charge in [0.15, 0.2) is 0 Å². The highest BCUT2D eigenvalue weighted by Crippen LogP contribution is 2.38. The molecule has 0 aromatic carbocycles. The zero-order valence-electron chi connectivity index (χ0n) is 8.16. The van der Waals surface area contributed by atoms with Crippen molar-refractivity contribution in [3.63, 3.8) is 0 Å². The van der Waals surface area contributed by atoms with Crippen LogP contribution in [0.1, 0.15) is 18.9 Å². The Morgan fingerprint density at radius 2 is 2.50 bits per heavy atom. The summed E-state index contributed by atoms with van der Waals surface area (Å²) >= 11 is 7.53. The average molecular weight is 232 g/mol. The van der Waals surface area contributed by atoms with E-state index in [1.54, 1.807) is 0 Å². The molecule has 2 heterocycles. The molecule has 0 spiro atoms. The van der Waals surface area contributed by atoms with Crippen LogP contribution in [0.15, 0.2) is 11.4 Å². The van der Waals surface area contributed by atoms with Crippen molar-refractivity contribution in [1.29, 1.82) is 0 Å². The topological polar surface area (TPSA) is 23.5 Å². The Morgan fingerprint density at radius 1 is 1.71 bits per heavy atom. The van der Waals surface area contributed by atoms with Crippen LogP contribution in [0, 0.1) is 0 Å². The van der Waals surface area contributed by atoms with E-state index in [1.807, 2.05) is 11.4 Å². The number of likely N-dealkylation sites (N-methyl/N-ethyl adjacent to an activating group) is 1. The van der Waals surface area contributed by atoms with Crippen molar-refractivity contribution in [1.82, 2.24) is 4.90 Å². The normalized spacial score (nSPS) is 28.5. The average Bonchev–Trinajstić information content (AvgIpc) is 2.73. The molecule has 0 saturated carbocycles. The molecule has 1 aliphatic heterocycles. The number of aliphatic hydroxyl groups is 1. The van der Waals surface area contributed by atoms with E-state index in [0.29, 0.717) is 6.54 Å². The van der Waals surface area contributed by atoms with E-state index in [9.17, 15) is 5.11 Å². The molecule has 1 fully saturated rings. The van der Waals surface area contributed by atoms with Crippen molar-refractivity contribution >= 4 is 22.9 Å². The maximum Gasteiger partial charge on any atom is 0.106 e. The van der Waals surface area contributed by atoms with E-state index in [2.05, 4.69) is 11.8 Å². The first-order chi connectivity index (χ1) is 6.65. The highest BCUT2D eigenvalue weighted by atomic mass is 35.5. The Kier molecular flexibility index (Phi) is 2.84. The third kappa shape index (κ3) is 1.70. The number of thiophene rings is 1. The first kappa shape index (κ1) is 10.4. The van der Waals surface area contributed by atoms with E-state index >= 15 is 0 Å². The first-order valence-corrected chi connectivity index (χ1v) is 6.09. The maximum atomic E-state index is 10.4. The van der Waals surface area contributed by atoms with Gasteiger partial charge in [-0.2, -0.15) is 0 Å². The molecule has 1 aromatic rings. The quantitative estimate of drug-likeness (QED) is 0.845. The Balaban J connectivity index is 2.22. The zero-order valence-corrected chi connectivity index (χ0v) is 9.74. The summed E-state index contributed by atoms with van der Waals surface area (Å²) in [6.07, 6.45) is 0.789. The third-order valence-electron chi connectivity index (χ3n) is 2.89. The second-order valence-corrected chi connectivity index (χ2v) is 5.28. The number of halogens is 1. The van der Waals surface area contributed by atoms with Crippen molar-refractivity contribution in [2.45, 2.75) is 18.9 Å². The van der Waals surface area contributed by atoms with Gasteiger partial charge in [-0.3, -0.25) is 0 Å². The van der Waals surface area contributed by atoms with Crippen molar-refractivity contribution in [2.24, 2.45) is 0 Å². The van der Waals surface area contributed by atoms with Crippen LogP contribution < -0.4 is 0 Å². The minimum atomic E-state index is -0.715. The fourth-order valence-electron chi connectivity index (χ4n) is 1.99. The van der Waals surface area contributed by atoms with Gasteiger partial charge in [0, 0.05) is 18.7 Å². The summed E-state index contributed by atoms with van der Waals surface area (Å²) in [4.78, 5) is 2.24. The second-order valence-electron chi connectivity index (χ2n) is 3.76. The monoisotopic (exact) mass is 231 g/mol. The van der Waals surface area contributed by atoms with Gasteiger partial charge in [-0.05, 0) is 24.4 Å². The molecule has 78 valence electrons. The third-order valence-corrected chi connectivity index (χ3v) is 4.06. The summed E-state index contributed by atoms with van der Waals surface area (Å²) in [5, 5.41) is 12.3. The highest BCUT2D eigenvalue weighted by Gasteiger charge is 2.38. The summed E-state index contributed by atoms with van der Waals surface area (Å²) in [7, 11) is 0. The maximum absolute atomic E-state index is 10.4. The van der Waals surface area contributed by atoms with Gasteiger partial charge < -0.3 is 10.0 Å². The molecule has 2 rings (SSSR count). The lowest BCUT2D eigenvalue weighted by Gasteiger charge is -2.22. The van der Waals surface area contributed by atoms with Crippen LogP contribution in [0.3, 0.4) is 0 Å². The van der Waals surface area contributed by atoms with Gasteiger partial charge in [-0.1, -0.05) is 18.5 Å². The number of nitrogens with zero attached hydrogens (tertiary/aromatic N) is 1. The van der Waals surface area contributed by atoms with Crippen LogP contribution in [-0.4, -0.2) is 29.6 Å². The molecule has 1 aliphatic rings. The fourth-order valence-corrected chi connectivity index (χ4v) is 3.09. The molecule has 0 amide bonds. The lowest BCUT2D eigenvalue weighted by molar-refractivity contribution is 0.0473. The molecule has 0 radical (unpaired) electrons. The van der Waals surface area contributed by atoms with Gasteiger partial charge in [0.2, 0.25) is 0 Å². The number of β-amino-alcohol motifs (C(OH)–C–C–N with tert-alkyl or cyclic N) is 1. The molecule has 1 unspecified atom stereocenters. The van der Waals surface area contributed by atoms with Crippen LogP contribution >= 0.6 is 22.9 Å². The Labute approximate surface area is 93.1 Å². The van der Waals surface area contributed by atoms with Crippen molar-refractivity contribution in [3.8, 4) is 0 Å². The predicted molar refractivity (Wildman–Crippen MR) is 60.0 cm³/mol. The smallest absolute Gasteiger partial charge is 0.106 e. The molecular formula is C10H14ClNOS. The Morgan fingerprint density at radius 3 is 3.00 bits per heavy atom. The molecule has 0 aliphatic carbocycles. The Bertz CT molecular complexity index is 328. The van der Waals surface area contributed by atoms with E-state index < -0.39 is 5.60 Å². The van der Waals surface area contributed by atoms with Crippen LogP contribution in [0.5, 0.6) is 0 Å². The lowest BCUT2D eigenvalue weighted by atomic mass is 9.96. The van der Waals surface area contributed by atoms with Gasteiger partial charge in [0.05, 0.1) is 4.34 Å². The predicted octanol–water partition coefficient (Wildman–Crippen LogP) is 2.31. The molecule has 1 atom stereocenters. The van der Waals surface area contributed by atoms with Gasteiger partial charge in [0.1, 0.15) is 5.60 Å². The van der Waals surface area contributed by atoms with E-state index in [4.69, 9.17) is 11.6 Å². The number of hydrogen-bond donors (Lipinski definition) is 1. The molecule has 0 bridgehead atoms. The van der Waals surface area contributed by atoms with Crippen LogP contribution in [-0.2, 0) is 5.60 Å². The van der Waals surface area contributed by atoms with Gasteiger partial charge in [-0.15, -0.1) is 11.3 Å². The molecule has 1 aromatic heterocycles. The number of hydrogen-bond acceptors (Lipinski definition) is 3. The van der Waals surface area contributed by atoms with E-state index in [1.165, 1.54) is 11.3 Å². The van der Waals surface area contributed by atoms with Crippen molar-refractivity contribution < 1.29 is 5.11 Å². The first-order valence-electron chi connectivity index (χ1n) is 4.84. The van der Waals surface area contributed by atoms with Gasteiger partial charge >= 0.3 is 0 Å². The summed E-state index contributed by atoms with van der Waals surface area (Å²) in [6, 6.07) is 1.94. The Hall–Kier alpha value is -0.0900. The largest absolute Gasteiger partial charge is 0.384 e. The number of likely N-dealkylation sites (tertiary alicyclic amines) is 1. The van der Waals surface area contributed by atoms with Crippen molar-refractivity contribution in [2.75, 3.05) is 19.6 Å². The zero-order chi connectivity index (χ0) is 10.2. The molecule has 14 heavy (non-hydrogen) atoms. The van der Waals surface area contributed by atoms with E-state index in [0.717, 1.165) is 29.4 Å². The van der Waals surface area contributed by atoms with Gasteiger partial charge in [-0.25, -0.2) is 0 Å². The van der Waals surface area contributed by atoms with Crippen LogP contribution in [0.2, 0.25) is 4.34 Å². The second kappa shape index (κ2) is 3.81. The SMILES string of the molecule is CCN1CCC(O)(c2ccsc2Cl)C1. The molecule has 1 saturated heterocycles. The minimum Gasteiger partial charge on any atom is -0.384 e. The number of rotatable bonds is 2. The highest BCUT2D eigenvalue weighted by molar-refractivity contribution is 7.14. The summed E-state index contributed by atoms with van der Waals surface area (Å²) in [5.74, 6) is 0. The lowest BCUT2D eigenvalue weighted by Crippen LogP contribution is -2.30. The van der Waals surface area contributed by atoms with E-state index in [-0.39, 0.29) is 0 Å². The molecule has 2 nitrogen and oxygen atoms in total. The standard InChI is InChI=1S/C10H14ClNOS/c1-2-12-5-4-10(13,7-12)8-3-6-14-9(8)11/h3,6,13H,2,4-5,7H2,1H3. The molecule has 4 heteroatoms. The molecular weight excluding hydrogens is 218 g/mol. The summed E-state index contributed by atoms with van der Waals surface area (Å²) in [6.45, 7) is 4.77. The summed E-state index contributed by atoms with van der Waals surface area (Å²) < 4.78 is 0.727. The molecule has 1 N–H and O–H groups in total.